The normalized spacial score (nSPS) is 10.9. The lowest BCUT2D eigenvalue weighted by Gasteiger charge is -2.01. The van der Waals surface area contributed by atoms with Crippen LogP contribution in [0.5, 0.6) is 0 Å². The van der Waals surface area contributed by atoms with Gasteiger partial charge >= 0.3 is 0 Å². The molecule has 0 heterocycles. The van der Waals surface area contributed by atoms with E-state index in [0.717, 1.165) is 25.3 Å². The maximum atomic E-state index is 13.1. The van der Waals surface area contributed by atoms with Crippen molar-refractivity contribution in [1.29, 1.82) is 0 Å². The molecule has 1 rings (SSSR count). The van der Waals surface area contributed by atoms with Crippen LogP contribution in [0, 0.1) is 11.6 Å². The molecule has 0 saturated carbocycles. The van der Waals surface area contributed by atoms with Crippen LogP contribution in [0.2, 0.25) is 0 Å². The molecule has 87 valence electrons. The molecule has 0 N–H and O–H groups in total. The Hall–Kier alpha value is -1.45. The highest BCUT2D eigenvalue weighted by molar-refractivity contribution is 5.56. The molecule has 1 radical (unpaired) electrons. The highest BCUT2D eigenvalue weighted by Gasteiger charge is 2.03. The van der Waals surface area contributed by atoms with Crippen molar-refractivity contribution in [1.82, 2.24) is 0 Å². The average molecular weight is 226 g/mol. The van der Waals surface area contributed by atoms with Crippen molar-refractivity contribution in [2.24, 2.45) is 5.16 Å². The Morgan fingerprint density at radius 3 is 2.88 bits per heavy atom. The predicted octanol–water partition coefficient (Wildman–Crippen LogP) is 3.53. The van der Waals surface area contributed by atoms with Gasteiger partial charge in [-0.25, -0.2) is 8.78 Å². The molecule has 0 aromatic heterocycles. The first-order valence-corrected chi connectivity index (χ1v) is 5.23. The van der Waals surface area contributed by atoms with Crippen LogP contribution in [0.4, 0.5) is 8.78 Å². The topological polar surface area (TPSA) is 21.6 Å². The van der Waals surface area contributed by atoms with Crippen molar-refractivity contribution in [3.05, 3.63) is 35.4 Å². The van der Waals surface area contributed by atoms with E-state index in [1.807, 2.05) is 0 Å². The molecule has 2 nitrogen and oxygen atoms in total. The molecule has 1 aromatic rings. The lowest BCUT2D eigenvalue weighted by Crippen LogP contribution is -1.93. The van der Waals surface area contributed by atoms with Crippen LogP contribution in [0.1, 0.15) is 31.7 Å². The molecule has 0 fully saturated rings. The van der Waals surface area contributed by atoms with Crippen molar-refractivity contribution in [3.63, 3.8) is 0 Å². The van der Waals surface area contributed by atoms with Crippen molar-refractivity contribution >= 4 is 6.21 Å². The quantitative estimate of drug-likeness (QED) is 0.413. The average Bonchev–Trinajstić information content (AvgIpc) is 2.26. The van der Waals surface area contributed by atoms with Gasteiger partial charge in [-0.15, -0.1) is 0 Å². The minimum absolute atomic E-state index is 0.00869. The zero-order chi connectivity index (χ0) is 11.8. The lowest BCUT2D eigenvalue weighted by molar-refractivity contribution is 0.128. The lowest BCUT2D eigenvalue weighted by atomic mass is 10.2. The van der Waals surface area contributed by atoms with Crippen LogP contribution in [0.3, 0.4) is 0 Å². The first-order chi connectivity index (χ1) is 7.74. The van der Waals surface area contributed by atoms with Crippen LogP contribution in [0.25, 0.3) is 0 Å². The van der Waals surface area contributed by atoms with Crippen LogP contribution in [0.15, 0.2) is 23.4 Å². The largest absolute Gasteiger partial charge is 0.391 e. The van der Waals surface area contributed by atoms with E-state index in [4.69, 9.17) is 4.84 Å². The molecule has 0 aliphatic rings. The van der Waals surface area contributed by atoms with Gasteiger partial charge in [-0.2, -0.15) is 0 Å². The van der Waals surface area contributed by atoms with E-state index in [9.17, 15) is 8.78 Å². The van der Waals surface area contributed by atoms with Gasteiger partial charge in [0.2, 0.25) is 0 Å². The Bertz CT molecular complexity index is 353. The Balaban J connectivity index is 2.34. The monoisotopic (exact) mass is 226 g/mol. The second kappa shape index (κ2) is 6.93. The molecule has 16 heavy (non-hydrogen) atoms. The summed E-state index contributed by atoms with van der Waals surface area (Å²) >= 11 is 0. The van der Waals surface area contributed by atoms with Gasteiger partial charge in [0, 0.05) is 11.6 Å². The third-order valence-electron chi connectivity index (χ3n) is 2.01. The summed E-state index contributed by atoms with van der Waals surface area (Å²) in [6, 6.07) is 3.35. The number of rotatable bonds is 6. The smallest absolute Gasteiger partial charge is 0.145 e. The highest BCUT2D eigenvalue weighted by Crippen LogP contribution is 2.10. The number of unbranched alkanes of at least 4 members (excludes halogenated alkanes) is 2. The Labute approximate surface area is 93.9 Å². The van der Waals surface area contributed by atoms with Crippen molar-refractivity contribution in [3.8, 4) is 0 Å². The molecule has 0 spiro atoms. The second-order valence-electron chi connectivity index (χ2n) is 3.36. The van der Waals surface area contributed by atoms with Crippen molar-refractivity contribution in [2.45, 2.75) is 32.8 Å². The summed E-state index contributed by atoms with van der Waals surface area (Å²) in [7, 11) is 0. The molecule has 4 heteroatoms. The zero-order valence-electron chi connectivity index (χ0n) is 9.17. The van der Waals surface area contributed by atoms with E-state index < -0.39 is 11.6 Å². The van der Waals surface area contributed by atoms with Gasteiger partial charge in [0.1, 0.15) is 24.5 Å². The van der Waals surface area contributed by atoms with Gasteiger partial charge in [-0.1, -0.05) is 18.5 Å². The zero-order valence-corrected chi connectivity index (χ0v) is 9.17. The fourth-order valence-corrected chi connectivity index (χ4v) is 1.09. The molecule has 0 bridgehead atoms. The van der Waals surface area contributed by atoms with Crippen molar-refractivity contribution in [2.75, 3.05) is 0 Å². The predicted molar refractivity (Wildman–Crippen MR) is 58.1 cm³/mol. The molecule has 0 amide bonds. The summed E-state index contributed by atoms with van der Waals surface area (Å²) in [5, 5.41) is 3.56. The summed E-state index contributed by atoms with van der Waals surface area (Å²) in [5.41, 5.74) is 0.280. The standard InChI is InChI=1S/C12H14F2NO/c1-2-3-4-7-15-16-9-10-5-6-11(13)8-12(10)14/h5-6,8H,2-4,9H2,1H3. The van der Waals surface area contributed by atoms with E-state index in [-0.39, 0.29) is 12.2 Å². The van der Waals surface area contributed by atoms with E-state index >= 15 is 0 Å². The fourth-order valence-electron chi connectivity index (χ4n) is 1.09. The first-order valence-electron chi connectivity index (χ1n) is 5.23. The number of nitrogens with zero attached hydrogens (tertiary/aromatic N) is 1. The van der Waals surface area contributed by atoms with Crippen LogP contribution < -0.4 is 0 Å². The summed E-state index contributed by atoms with van der Waals surface area (Å²) in [6.07, 6.45) is 5.48. The van der Waals surface area contributed by atoms with Gasteiger partial charge in [0.05, 0.1) is 0 Å². The summed E-state index contributed by atoms with van der Waals surface area (Å²) in [4.78, 5) is 4.84. The first kappa shape index (κ1) is 12.6. The van der Waals surface area contributed by atoms with Crippen LogP contribution in [-0.4, -0.2) is 6.21 Å². The maximum absolute atomic E-state index is 13.1. The minimum Gasteiger partial charge on any atom is -0.391 e. The molecule has 1 aromatic carbocycles. The second-order valence-corrected chi connectivity index (χ2v) is 3.36. The van der Waals surface area contributed by atoms with E-state index in [2.05, 4.69) is 18.3 Å². The third kappa shape index (κ3) is 4.38. The Kier molecular flexibility index (Phi) is 5.46. The van der Waals surface area contributed by atoms with Gasteiger partial charge in [0.25, 0.3) is 0 Å². The van der Waals surface area contributed by atoms with E-state index in [0.29, 0.717) is 0 Å². The Morgan fingerprint density at radius 1 is 1.38 bits per heavy atom. The molecule has 0 unspecified atom stereocenters. The van der Waals surface area contributed by atoms with E-state index in [1.54, 1.807) is 0 Å². The van der Waals surface area contributed by atoms with Gasteiger partial charge in [-0.3, -0.25) is 0 Å². The number of hydrogen-bond acceptors (Lipinski definition) is 2. The number of benzene rings is 1. The third-order valence-corrected chi connectivity index (χ3v) is 2.01. The van der Waals surface area contributed by atoms with Crippen molar-refractivity contribution < 1.29 is 13.6 Å². The maximum Gasteiger partial charge on any atom is 0.145 e. The van der Waals surface area contributed by atoms with Crippen LogP contribution in [-0.2, 0) is 11.4 Å². The van der Waals surface area contributed by atoms with Gasteiger partial charge in [0.15, 0.2) is 0 Å². The minimum atomic E-state index is -0.622. The Morgan fingerprint density at radius 2 is 2.19 bits per heavy atom. The van der Waals surface area contributed by atoms with Crippen LogP contribution >= 0.6 is 0 Å². The SMILES string of the molecule is CCCC/[C]=N/OCc1ccc(F)cc1F. The molecule has 0 saturated heterocycles. The van der Waals surface area contributed by atoms with Gasteiger partial charge < -0.3 is 4.84 Å². The summed E-state index contributed by atoms with van der Waals surface area (Å²) < 4.78 is 25.7. The molecule has 0 atom stereocenters. The molecule has 0 aliphatic heterocycles. The van der Waals surface area contributed by atoms with Gasteiger partial charge in [-0.05, 0) is 25.0 Å². The molecule has 0 aliphatic carbocycles. The summed E-state index contributed by atoms with van der Waals surface area (Å²) in [5.74, 6) is -1.22. The number of hydrogen-bond donors (Lipinski definition) is 0. The molecular weight excluding hydrogens is 212 g/mol. The molecular formula is C12H14F2NO. The highest BCUT2D eigenvalue weighted by atomic mass is 19.1. The van der Waals surface area contributed by atoms with E-state index in [1.165, 1.54) is 12.1 Å². The number of halogens is 2. The fraction of sp³-hybridized carbons (Fsp3) is 0.417. The summed E-state index contributed by atoms with van der Waals surface area (Å²) in [6.45, 7) is 2.06.